The minimum atomic E-state index is -1.79. The second-order valence-corrected chi connectivity index (χ2v) is 13.0. The van der Waals surface area contributed by atoms with E-state index in [9.17, 15) is 0 Å². The molecule has 0 unspecified atom stereocenters. The molecule has 2 aliphatic rings. The van der Waals surface area contributed by atoms with Crippen molar-refractivity contribution in [3.8, 4) is 0 Å². The molecule has 0 bridgehead atoms. The first-order chi connectivity index (χ1) is 6.21. The van der Waals surface area contributed by atoms with Crippen LogP contribution in [0, 0.1) is 0 Å². The van der Waals surface area contributed by atoms with Gasteiger partial charge in [0.25, 0.3) is 0 Å². The van der Waals surface area contributed by atoms with Crippen molar-refractivity contribution < 1.29 is 16.1 Å². The van der Waals surface area contributed by atoms with E-state index in [0.29, 0.717) is 0 Å². The van der Waals surface area contributed by atoms with Gasteiger partial charge in [0.05, 0.1) is 0 Å². The van der Waals surface area contributed by atoms with E-state index in [1.54, 1.807) is 7.93 Å². The monoisotopic (exact) mass is 258 g/mol. The summed E-state index contributed by atoms with van der Waals surface area (Å²) in [5, 5.41) is 5.03. The van der Waals surface area contributed by atoms with Crippen LogP contribution in [0.25, 0.3) is 0 Å². The summed E-state index contributed by atoms with van der Waals surface area (Å²) in [6.07, 6.45) is 16.1. The summed E-state index contributed by atoms with van der Waals surface area (Å²) < 4.78 is 3.47. The molecular weight excluding hydrogens is 240 g/mol. The molecule has 0 aromatic carbocycles. The molecule has 0 N–H and O–H groups in total. The van der Waals surface area contributed by atoms with Crippen LogP contribution in [0.1, 0.15) is 12.8 Å². The summed E-state index contributed by atoms with van der Waals surface area (Å²) in [6, 6.07) is 0. The Morgan fingerprint density at radius 1 is 0.923 bits per heavy atom. The Bertz CT molecular complexity index is 295. The van der Waals surface area contributed by atoms with Gasteiger partial charge in [-0.15, -0.1) is 0 Å². The molecule has 0 aromatic rings. The molecular formula is C12H16Mo. The standard InChI is InChI=1S/2C5H5.2CH3.Mo/c2*1-2-4-5-3-1;;;/h2*1-3H,4H2;2*1H3;. The molecule has 0 aliphatic heterocycles. The maximum absolute atomic E-state index is 2.51. The summed E-state index contributed by atoms with van der Waals surface area (Å²) in [5.74, 6) is 0. The van der Waals surface area contributed by atoms with Gasteiger partial charge < -0.3 is 0 Å². The van der Waals surface area contributed by atoms with Gasteiger partial charge in [-0.05, 0) is 0 Å². The summed E-state index contributed by atoms with van der Waals surface area (Å²) in [4.78, 5) is 0. The van der Waals surface area contributed by atoms with Gasteiger partial charge in [0.1, 0.15) is 0 Å². The van der Waals surface area contributed by atoms with Crippen LogP contribution in [0.15, 0.2) is 44.4 Å². The van der Waals surface area contributed by atoms with E-state index in [1.165, 1.54) is 12.8 Å². The van der Waals surface area contributed by atoms with Crippen molar-refractivity contribution in [1.29, 1.82) is 0 Å². The minimum absolute atomic E-state index is 1.21. The van der Waals surface area contributed by atoms with Crippen molar-refractivity contribution in [2.45, 2.75) is 23.5 Å². The first kappa shape index (κ1) is 9.21. The van der Waals surface area contributed by atoms with Crippen molar-refractivity contribution in [1.82, 2.24) is 0 Å². The Hall–Kier alpha value is -0.352. The first-order valence-electron chi connectivity index (χ1n) is 4.66. The van der Waals surface area contributed by atoms with Crippen LogP contribution in [0.3, 0.4) is 0 Å². The van der Waals surface area contributed by atoms with Crippen molar-refractivity contribution >= 4 is 0 Å². The fraction of sp³-hybridized carbons (Fsp3) is 0.333. The van der Waals surface area contributed by atoms with Crippen molar-refractivity contribution in [2.75, 3.05) is 0 Å². The number of allylic oxidation sites excluding steroid dienone is 8. The third-order valence-corrected chi connectivity index (χ3v) is 10.7. The summed E-state index contributed by atoms with van der Waals surface area (Å²) in [7, 11) is 0. The Morgan fingerprint density at radius 2 is 1.38 bits per heavy atom. The average Bonchev–Trinajstić information content (AvgIpc) is 2.78. The predicted octanol–water partition coefficient (Wildman–Crippen LogP) is 3.92. The topological polar surface area (TPSA) is 0 Å². The molecule has 0 amide bonds. The molecule has 0 nitrogen and oxygen atoms in total. The van der Waals surface area contributed by atoms with E-state index in [0.717, 1.165) is 0 Å². The third-order valence-electron chi connectivity index (χ3n) is 2.79. The normalized spacial score (nSPS) is 22.0. The Labute approximate surface area is 83.9 Å². The van der Waals surface area contributed by atoms with E-state index in [2.05, 4.69) is 47.1 Å². The van der Waals surface area contributed by atoms with E-state index in [4.69, 9.17) is 0 Å². The molecule has 0 fully saturated rings. The molecule has 0 aromatic heterocycles. The quantitative estimate of drug-likeness (QED) is 0.657. The molecule has 13 heavy (non-hydrogen) atoms. The van der Waals surface area contributed by atoms with Crippen LogP contribution < -0.4 is 0 Å². The molecule has 0 radical (unpaired) electrons. The second-order valence-electron chi connectivity index (χ2n) is 3.86. The van der Waals surface area contributed by atoms with Gasteiger partial charge in [0.2, 0.25) is 0 Å². The Kier molecular flexibility index (Phi) is 2.42. The zero-order valence-corrected chi connectivity index (χ0v) is 10.3. The summed E-state index contributed by atoms with van der Waals surface area (Å²) in [5.41, 5.74) is 0. The van der Waals surface area contributed by atoms with E-state index >= 15 is 0 Å². The summed E-state index contributed by atoms with van der Waals surface area (Å²) >= 11 is -1.79. The Balaban J connectivity index is 2.20. The predicted molar refractivity (Wildman–Crippen MR) is 55.4 cm³/mol. The van der Waals surface area contributed by atoms with Crippen LogP contribution in [0.2, 0.25) is 10.6 Å². The third kappa shape index (κ3) is 1.65. The van der Waals surface area contributed by atoms with E-state index in [1.807, 2.05) is 0 Å². The van der Waals surface area contributed by atoms with Crippen LogP contribution in [0.5, 0.6) is 0 Å². The molecule has 2 aliphatic carbocycles. The van der Waals surface area contributed by atoms with Crippen molar-refractivity contribution in [2.24, 2.45) is 0 Å². The SMILES string of the molecule is [CH3][Mo]([CH3])([C]1=CC=CC1)[C]1=CC=CC1. The summed E-state index contributed by atoms with van der Waals surface area (Å²) in [6.45, 7) is 0. The zero-order chi connectivity index (χ0) is 9.31. The molecule has 70 valence electrons. The molecule has 0 saturated heterocycles. The number of hydrogen-bond acceptors (Lipinski definition) is 0. The van der Waals surface area contributed by atoms with Gasteiger partial charge in [0, 0.05) is 0 Å². The maximum atomic E-state index is 2.51. The fourth-order valence-electron chi connectivity index (χ4n) is 1.78. The fourth-order valence-corrected chi connectivity index (χ4v) is 7.19. The van der Waals surface area contributed by atoms with Gasteiger partial charge >= 0.3 is 83.9 Å². The van der Waals surface area contributed by atoms with Gasteiger partial charge in [0.15, 0.2) is 0 Å². The van der Waals surface area contributed by atoms with Crippen molar-refractivity contribution in [3.05, 3.63) is 44.4 Å². The number of rotatable bonds is 2. The first-order valence-corrected chi connectivity index (χ1v) is 10.7. The van der Waals surface area contributed by atoms with Gasteiger partial charge in [-0.3, -0.25) is 0 Å². The molecule has 0 heterocycles. The van der Waals surface area contributed by atoms with Gasteiger partial charge in [-0.1, -0.05) is 0 Å². The number of hydrogen-bond donors (Lipinski definition) is 0. The molecule has 0 saturated carbocycles. The average molecular weight is 256 g/mol. The van der Waals surface area contributed by atoms with E-state index < -0.39 is 16.1 Å². The van der Waals surface area contributed by atoms with Crippen molar-refractivity contribution in [3.63, 3.8) is 0 Å². The molecule has 1 heteroatoms. The van der Waals surface area contributed by atoms with Crippen LogP contribution in [0.4, 0.5) is 0 Å². The van der Waals surface area contributed by atoms with Crippen LogP contribution in [-0.2, 0) is 16.1 Å². The Morgan fingerprint density at radius 3 is 1.69 bits per heavy atom. The zero-order valence-electron chi connectivity index (χ0n) is 8.29. The van der Waals surface area contributed by atoms with E-state index in [-0.39, 0.29) is 0 Å². The molecule has 0 spiro atoms. The van der Waals surface area contributed by atoms with Gasteiger partial charge in [-0.25, -0.2) is 0 Å². The molecule has 2 rings (SSSR count). The van der Waals surface area contributed by atoms with Crippen LogP contribution >= 0.6 is 0 Å². The van der Waals surface area contributed by atoms with Gasteiger partial charge in [-0.2, -0.15) is 0 Å². The van der Waals surface area contributed by atoms with Crippen LogP contribution in [-0.4, -0.2) is 0 Å². The molecule has 0 atom stereocenters. The second kappa shape index (κ2) is 3.42.